The Morgan fingerprint density at radius 3 is 3.06 bits per heavy atom. The van der Waals surface area contributed by atoms with E-state index in [1.807, 2.05) is 16.7 Å². The Morgan fingerprint density at radius 2 is 2.35 bits per heavy atom. The summed E-state index contributed by atoms with van der Waals surface area (Å²) in [6.07, 6.45) is 3.14. The third-order valence-corrected chi connectivity index (χ3v) is 4.81. The molecule has 0 N–H and O–H groups in total. The van der Waals surface area contributed by atoms with Gasteiger partial charge in [0.05, 0.1) is 10.6 Å². The number of carbonyl (C=O) groups excluding carboxylic acids is 1. The molecule has 3 nitrogen and oxygen atoms in total. The first kappa shape index (κ1) is 12.7. The fourth-order valence-corrected chi connectivity index (χ4v) is 3.19. The van der Waals surface area contributed by atoms with Gasteiger partial charge in [0.15, 0.2) is 0 Å². The third-order valence-electron chi connectivity index (χ3n) is 3.14. The van der Waals surface area contributed by atoms with Gasteiger partial charge in [0.1, 0.15) is 0 Å². The molecule has 1 aliphatic rings. The van der Waals surface area contributed by atoms with Crippen LogP contribution in [0.5, 0.6) is 0 Å². The SMILES string of the molecule is CC1SCCN(C(=O)c2cnccc2Cl)C1C. The number of thioether (sulfide) groups is 1. The van der Waals surface area contributed by atoms with Gasteiger partial charge in [-0.25, -0.2) is 0 Å². The van der Waals surface area contributed by atoms with Crippen LogP contribution in [0.15, 0.2) is 18.5 Å². The zero-order chi connectivity index (χ0) is 12.4. The first-order chi connectivity index (χ1) is 8.11. The molecule has 1 aliphatic heterocycles. The van der Waals surface area contributed by atoms with Gasteiger partial charge < -0.3 is 4.90 Å². The maximum atomic E-state index is 12.4. The van der Waals surface area contributed by atoms with E-state index < -0.39 is 0 Å². The van der Waals surface area contributed by atoms with Crippen molar-refractivity contribution in [1.29, 1.82) is 0 Å². The summed E-state index contributed by atoms with van der Waals surface area (Å²) in [5, 5.41) is 0.936. The maximum absolute atomic E-state index is 12.4. The smallest absolute Gasteiger partial charge is 0.257 e. The van der Waals surface area contributed by atoms with E-state index in [0.29, 0.717) is 15.8 Å². The van der Waals surface area contributed by atoms with Crippen molar-refractivity contribution in [3.05, 3.63) is 29.0 Å². The summed E-state index contributed by atoms with van der Waals surface area (Å²) in [5.74, 6) is 0.970. The van der Waals surface area contributed by atoms with Crippen molar-refractivity contribution in [2.75, 3.05) is 12.3 Å². The average molecular weight is 271 g/mol. The van der Waals surface area contributed by atoms with E-state index in [-0.39, 0.29) is 11.9 Å². The highest BCUT2D eigenvalue weighted by Crippen LogP contribution is 2.26. The zero-order valence-corrected chi connectivity index (χ0v) is 11.5. The molecule has 17 heavy (non-hydrogen) atoms. The van der Waals surface area contributed by atoms with Crippen LogP contribution in [-0.2, 0) is 0 Å². The van der Waals surface area contributed by atoms with Crippen LogP contribution in [0.3, 0.4) is 0 Å². The van der Waals surface area contributed by atoms with Crippen LogP contribution in [0.25, 0.3) is 0 Å². The van der Waals surface area contributed by atoms with Gasteiger partial charge in [0, 0.05) is 36.0 Å². The number of rotatable bonds is 1. The van der Waals surface area contributed by atoms with Gasteiger partial charge in [-0.1, -0.05) is 18.5 Å². The lowest BCUT2D eigenvalue weighted by molar-refractivity contribution is 0.0698. The molecule has 0 aromatic carbocycles. The average Bonchev–Trinajstić information content (AvgIpc) is 2.32. The highest BCUT2D eigenvalue weighted by Gasteiger charge is 2.30. The number of pyridine rings is 1. The first-order valence-electron chi connectivity index (χ1n) is 5.63. The molecule has 0 radical (unpaired) electrons. The second-order valence-electron chi connectivity index (χ2n) is 4.17. The molecular weight excluding hydrogens is 256 g/mol. The van der Waals surface area contributed by atoms with Crippen LogP contribution in [-0.4, -0.2) is 39.4 Å². The van der Waals surface area contributed by atoms with Gasteiger partial charge in [0.2, 0.25) is 0 Å². The Bertz CT molecular complexity index is 427. The summed E-state index contributed by atoms with van der Waals surface area (Å²) in [6, 6.07) is 1.89. The van der Waals surface area contributed by atoms with Crippen molar-refractivity contribution in [3.63, 3.8) is 0 Å². The molecule has 92 valence electrons. The molecule has 0 aliphatic carbocycles. The predicted octanol–water partition coefficient (Wildman–Crippen LogP) is 2.70. The van der Waals surface area contributed by atoms with Crippen LogP contribution in [0.4, 0.5) is 0 Å². The van der Waals surface area contributed by atoms with Crippen LogP contribution in [0, 0.1) is 0 Å². The molecule has 2 heterocycles. The summed E-state index contributed by atoms with van der Waals surface area (Å²) in [4.78, 5) is 18.2. The molecule has 2 unspecified atom stereocenters. The molecule has 0 bridgehead atoms. The highest BCUT2D eigenvalue weighted by molar-refractivity contribution is 8.00. The second kappa shape index (κ2) is 5.27. The van der Waals surface area contributed by atoms with Crippen molar-refractivity contribution in [2.45, 2.75) is 25.1 Å². The molecular formula is C12H15ClN2OS. The topological polar surface area (TPSA) is 33.2 Å². The summed E-state index contributed by atoms with van der Waals surface area (Å²) in [6.45, 7) is 5.01. The number of carbonyl (C=O) groups is 1. The number of amides is 1. The fourth-order valence-electron chi connectivity index (χ4n) is 1.91. The zero-order valence-electron chi connectivity index (χ0n) is 9.89. The minimum atomic E-state index is -0.0113. The minimum absolute atomic E-state index is 0.0113. The largest absolute Gasteiger partial charge is 0.334 e. The van der Waals surface area contributed by atoms with Crippen molar-refractivity contribution in [1.82, 2.24) is 9.88 Å². The van der Waals surface area contributed by atoms with E-state index in [1.165, 1.54) is 0 Å². The second-order valence-corrected chi connectivity index (χ2v) is 6.06. The summed E-state index contributed by atoms with van der Waals surface area (Å²) in [7, 11) is 0. The van der Waals surface area contributed by atoms with E-state index in [0.717, 1.165) is 12.3 Å². The van der Waals surface area contributed by atoms with Gasteiger partial charge in [-0.2, -0.15) is 11.8 Å². The Kier molecular flexibility index (Phi) is 3.94. The summed E-state index contributed by atoms with van der Waals surface area (Å²) in [5.41, 5.74) is 0.500. The van der Waals surface area contributed by atoms with E-state index in [2.05, 4.69) is 18.8 Å². The standard InChI is InChI=1S/C12H15ClN2OS/c1-8-9(2)17-6-5-15(8)12(16)10-7-14-4-3-11(10)13/h3-4,7-9H,5-6H2,1-2H3. The first-order valence-corrected chi connectivity index (χ1v) is 7.06. The molecule has 1 fully saturated rings. The Labute approximate surface area is 111 Å². The van der Waals surface area contributed by atoms with E-state index >= 15 is 0 Å². The quantitative estimate of drug-likeness (QED) is 0.787. The molecule has 1 aromatic heterocycles. The normalized spacial score (nSPS) is 24.8. The van der Waals surface area contributed by atoms with E-state index in [9.17, 15) is 4.79 Å². The third kappa shape index (κ3) is 2.58. The number of halogens is 1. The van der Waals surface area contributed by atoms with E-state index in [4.69, 9.17) is 11.6 Å². The monoisotopic (exact) mass is 270 g/mol. The lowest BCUT2D eigenvalue weighted by atomic mass is 10.1. The molecule has 1 aromatic rings. The lowest BCUT2D eigenvalue weighted by Crippen LogP contribution is -2.48. The van der Waals surface area contributed by atoms with Gasteiger partial charge in [-0.3, -0.25) is 9.78 Å². The minimum Gasteiger partial charge on any atom is -0.334 e. The summed E-state index contributed by atoms with van der Waals surface area (Å²) >= 11 is 7.93. The predicted molar refractivity (Wildman–Crippen MR) is 71.7 cm³/mol. The van der Waals surface area contributed by atoms with Crippen LogP contribution < -0.4 is 0 Å². The van der Waals surface area contributed by atoms with Crippen molar-refractivity contribution in [3.8, 4) is 0 Å². The maximum Gasteiger partial charge on any atom is 0.257 e. The van der Waals surface area contributed by atoms with Gasteiger partial charge in [0.25, 0.3) is 5.91 Å². The molecule has 2 rings (SSSR count). The molecule has 0 saturated carbocycles. The van der Waals surface area contributed by atoms with Crippen LogP contribution >= 0.6 is 23.4 Å². The number of nitrogens with zero attached hydrogens (tertiary/aromatic N) is 2. The van der Waals surface area contributed by atoms with Crippen LogP contribution in [0.2, 0.25) is 5.02 Å². The highest BCUT2D eigenvalue weighted by atomic mass is 35.5. The fraction of sp³-hybridized carbons (Fsp3) is 0.500. The molecule has 1 amide bonds. The molecule has 1 saturated heterocycles. The van der Waals surface area contributed by atoms with Crippen molar-refractivity contribution in [2.24, 2.45) is 0 Å². The Hall–Kier alpha value is -0.740. The van der Waals surface area contributed by atoms with Gasteiger partial charge >= 0.3 is 0 Å². The summed E-state index contributed by atoms with van der Waals surface area (Å²) < 4.78 is 0. The molecule has 5 heteroatoms. The van der Waals surface area contributed by atoms with Crippen molar-refractivity contribution >= 4 is 29.3 Å². The van der Waals surface area contributed by atoms with Gasteiger partial charge in [-0.15, -0.1) is 0 Å². The molecule has 2 atom stereocenters. The van der Waals surface area contributed by atoms with E-state index in [1.54, 1.807) is 18.5 Å². The van der Waals surface area contributed by atoms with Crippen molar-refractivity contribution < 1.29 is 4.79 Å². The Balaban J connectivity index is 2.23. The van der Waals surface area contributed by atoms with Gasteiger partial charge in [-0.05, 0) is 13.0 Å². The number of hydrogen-bond acceptors (Lipinski definition) is 3. The lowest BCUT2D eigenvalue weighted by Gasteiger charge is -2.37. The number of aromatic nitrogens is 1. The van der Waals surface area contributed by atoms with Crippen LogP contribution in [0.1, 0.15) is 24.2 Å². The number of hydrogen-bond donors (Lipinski definition) is 0. The molecule has 0 spiro atoms. The Morgan fingerprint density at radius 1 is 1.59 bits per heavy atom.